The lowest BCUT2D eigenvalue weighted by molar-refractivity contribution is 0.0527. The number of pyridine rings is 1. The molecule has 0 unspecified atom stereocenters. The predicted octanol–water partition coefficient (Wildman–Crippen LogP) is 4.54. The van der Waals surface area contributed by atoms with Gasteiger partial charge in [-0.25, -0.2) is 4.79 Å². The Kier molecular flexibility index (Phi) is 4.26. The third-order valence-electron chi connectivity index (χ3n) is 3.95. The van der Waals surface area contributed by atoms with Crippen molar-refractivity contribution in [3.8, 4) is 11.5 Å². The molecule has 0 amide bonds. The zero-order chi connectivity index (χ0) is 18.1. The van der Waals surface area contributed by atoms with Crippen molar-refractivity contribution in [1.29, 1.82) is 0 Å². The first kappa shape index (κ1) is 16.5. The first-order valence-electron chi connectivity index (χ1n) is 8.08. The monoisotopic (exact) mass is 370 g/mol. The van der Waals surface area contributed by atoms with Crippen molar-refractivity contribution in [1.82, 2.24) is 4.98 Å². The van der Waals surface area contributed by atoms with E-state index >= 15 is 0 Å². The molecule has 0 aliphatic carbocycles. The van der Waals surface area contributed by atoms with Gasteiger partial charge in [0, 0.05) is 28.4 Å². The number of nitrogens with zero attached hydrogens (tertiary/aromatic N) is 1. The standard InChI is InChI=1S/C19H15ClN2O4/c1-2-24-19(23)14-9-21-15-8-17-16(25-10-26-17)7-13(15)18(14)22-12-5-3-4-11(20)6-12/h3-9H,2,10H2,1H3,(H,21,22). The van der Waals surface area contributed by atoms with E-state index in [2.05, 4.69) is 10.3 Å². The second-order valence-corrected chi connectivity index (χ2v) is 6.06. The van der Waals surface area contributed by atoms with Crippen molar-refractivity contribution in [2.24, 2.45) is 0 Å². The summed E-state index contributed by atoms with van der Waals surface area (Å²) in [6, 6.07) is 10.8. The summed E-state index contributed by atoms with van der Waals surface area (Å²) in [6.45, 7) is 2.19. The summed E-state index contributed by atoms with van der Waals surface area (Å²) in [6.07, 6.45) is 1.50. The van der Waals surface area contributed by atoms with Gasteiger partial charge in [0.25, 0.3) is 0 Å². The van der Waals surface area contributed by atoms with Crippen LogP contribution in [0.5, 0.6) is 11.5 Å². The normalized spacial score (nSPS) is 12.2. The molecule has 0 radical (unpaired) electrons. The third kappa shape index (κ3) is 2.99. The second kappa shape index (κ2) is 6.72. The maximum atomic E-state index is 12.4. The fourth-order valence-corrected chi connectivity index (χ4v) is 2.98. The Labute approximate surface area is 154 Å². The number of aromatic nitrogens is 1. The minimum Gasteiger partial charge on any atom is -0.462 e. The van der Waals surface area contributed by atoms with E-state index in [9.17, 15) is 4.79 Å². The topological polar surface area (TPSA) is 69.7 Å². The summed E-state index contributed by atoms with van der Waals surface area (Å²) in [4.78, 5) is 16.8. The number of fused-ring (bicyclic) bond motifs is 2. The van der Waals surface area contributed by atoms with E-state index in [1.54, 1.807) is 31.2 Å². The maximum Gasteiger partial charge on any atom is 0.341 e. The summed E-state index contributed by atoms with van der Waals surface area (Å²) in [5.41, 5.74) is 2.33. The number of ether oxygens (including phenoxy) is 3. The lowest BCUT2D eigenvalue weighted by Crippen LogP contribution is -2.09. The van der Waals surface area contributed by atoms with E-state index in [0.29, 0.717) is 33.3 Å². The molecule has 1 aliphatic rings. The fraction of sp³-hybridized carbons (Fsp3) is 0.158. The fourth-order valence-electron chi connectivity index (χ4n) is 2.79. The number of nitrogens with one attached hydrogen (secondary N) is 1. The SMILES string of the molecule is CCOC(=O)c1cnc2cc3c(cc2c1Nc1cccc(Cl)c1)OCO3. The first-order chi connectivity index (χ1) is 12.7. The van der Waals surface area contributed by atoms with Crippen molar-refractivity contribution in [3.63, 3.8) is 0 Å². The minimum atomic E-state index is -0.455. The van der Waals surface area contributed by atoms with Crippen LogP contribution in [-0.2, 0) is 4.74 Å². The van der Waals surface area contributed by atoms with Crippen LogP contribution < -0.4 is 14.8 Å². The van der Waals surface area contributed by atoms with Crippen molar-refractivity contribution in [2.75, 3.05) is 18.7 Å². The Bertz CT molecular complexity index is 1010. The molecule has 3 aromatic rings. The molecule has 7 heteroatoms. The average Bonchev–Trinajstić information content (AvgIpc) is 3.08. The molecular weight excluding hydrogens is 356 g/mol. The van der Waals surface area contributed by atoms with Crippen LogP contribution in [0.4, 0.5) is 11.4 Å². The van der Waals surface area contributed by atoms with Gasteiger partial charge < -0.3 is 19.5 Å². The predicted molar refractivity (Wildman–Crippen MR) is 98.6 cm³/mol. The van der Waals surface area contributed by atoms with E-state index in [4.69, 9.17) is 25.8 Å². The molecule has 6 nitrogen and oxygen atoms in total. The largest absolute Gasteiger partial charge is 0.462 e. The summed E-state index contributed by atoms with van der Waals surface area (Å²) >= 11 is 6.08. The number of rotatable bonds is 4. The molecule has 0 saturated carbocycles. The number of hydrogen-bond donors (Lipinski definition) is 1. The molecule has 0 spiro atoms. The van der Waals surface area contributed by atoms with Crippen LogP contribution in [0.2, 0.25) is 5.02 Å². The number of anilines is 2. The molecule has 1 aromatic heterocycles. The van der Waals surface area contributed by atoms with Crippen LogP contribution in [-0.4, -0.2) is 24.4 Å². The molecule has 0 atom stereocenters. The van der Waals surface area contributed by atoms with Crippen LogP contribution in [0.3, 0.4) is 0 Å². The van der Waals surface area contributed by atoms with Gasteiger partial charge in [0.05, 0.1) is 17.8 Å². The minimum absolute atomic E-state index is 0.160. The van der Waals surface area contributed by atoms with Gasteiger partial charge in [-0.15, -0.1) is 0 Å². The van der Waals surface area contributed by atoms with Crippen LogP contribution in [0.1, 0.15) is 17.3 Å². The van der Waals surface area contributed by atoms with Crippen molar-refractivity contribution < 1.29 is 19.0 Å². The Hall–Kier alpha value is -2.99. The van der Waals surface area contributed by atoms with Crippen molar-refractivity contribution >= 4 is 39.8 Å². The highest BCUT2D eigenvalue weighted by Gasteiger charge is 2.21. The Morgan fingerprint density at radius 2 is 2.08 bits per heavy atom. The quantitative estimate of drug-likeness (QED) is 0.680. The molecule has 0 bridgehead atoms. The Morgan fingerprint density at radius 3 is 2.85 bits per heavy atom. The Balaban J connectivity index is 1.89. The average molecular weight is 371 g/mol. The third-order valence-corrected chi connectivity index (χ3v) is 4.19. The summed E-state index contributed by atoms with van der Waals surface area (Å²) in [5, 5.41) is 4.57. The number of carbonyl (C=O) groups excluding carboxylic acids is 1. The van der Waals surface area contributed by atoms with E-state index in [-0.39, 0.29) is 13.4 Å². The number of benzene rings is 2. The van der Waals surface area contributed by atoms with E-state index < -0.39 is 5.97 Å². The van der Waals surface area contributed by atoms with Crippen molar-refractivity contribution in [2.45, 2.75) is 6.92 Å². The molecular formula is C19H15ClN2O4. The first-order valence-corrected chi connectivity index (χ1v) is 8.45. The lowest BCUT2D eigenvalue weighted by atomic mass is 10.1. The molecule has 1 aliphatic heterocycles. The molecule has 132 valence electrons. The number of carbonyl (C=O) groups is 1. The van der Waals surface area contributed by atoms with E-state index in [1.807, 2.05) is 12.1 Å². The number of esters is 1. The molecule has 0 fully saturated rings. The van der Waals surface area contributed by atoms with Gasteiger partial charge in [-0.1, -0.05) is 17.7 Å². The summed E-state index contributed by atoms with van der Waals surface area (Å²) in [5.74, 6) is 0.779. The molecule has 2 aromatic carbocycles. The van der Waals surface area contributed by atoms with Gasteiger partial charge in [0.2, 0.25) is 6.79 Å². The van der Waals surface area contributed by atoms with Gasteiger partial charge in [0.1, 0.15) is 5.56 Å². The Morgan fingerprint density at radius 1 is 1.27 bits per heavy atom. The smallest absolute Gasteiger partial charge is 0.341 e. The van der Waals surface area contributed by atoms with Gasteiger partial charge in [-0.2, -0.15) is 0 Å². The van der Waals surface area contributed by atoms with Crippen LogP contribution in [0, 0.1) is 0 Å². The van der Waals surface area contributed by atoms with Gasteiger partial charge in [0.15, 0.2) is 11.5 Å². The zero-order valence-electron chi connectivity index (χ0n) is 13.9. The van der Waals surface area contributed by atoms with Gasteiger partial charge in [-0.05, 0) is 31.2 Å². The highest BCUT2D eigenvalue weighted by molar-refractivity contribution is 6.30. The molecule has 4 rings (SSSR count). The van der Waals surface area contributed by atoms with Crippen molar-refractivity contribution in [3.05, 3.63) is 53.2 Å². The molecule has 1 N–H and O–H groups in total. The molecule has 2 heterocycles. The van der Waals surface area contributed by atoms with E-state index in [1.165, 1.54) is 6.20 Å². The number of hydrogen-bond acceptors (Lipinski definition) is 6. The second-order valence-electron chi connectivity index (χ2n) is 5.63. The van der Waals surface area contributed by atoms with Crippen LogP contribution >= 0.6 is 11.6 Å². The van der Waals surface area contributed by atoms with Crippen LogP contribution in [0.15, 0.2) is 42.6 Å². The zero-order valence-corrected chi connectivity index (χ0v) is 14.7. The lowest BCUT2D eigenvalue weighted by Gasteiger charge is -2.14. The van der Waals surface area contributed by atoms with Gasteiger partial charge >= 0.3 is 5.97 Å². The number of halogens is 1. The highest BCUT2D eigenvalue weighted by Crippen LogP contribution is 2.39. The summed E-state index contributed by atoms with van der Waals surface area (Å²) < 4.78 is 16.0. The summed E-state index contributed by atoms with van der Waals surface area (Å²) in [7, 11) is 0. The van der Waals surface area contributed by atoms with Gasteiger partial charge in [-0.3, -0.25) is 4.98 Å². The van der Waals surface area contributed by atoms with E-state index in [0.717, 1.165) is 11.1 Å². The maximum absolute atomic E-state index is 12.4. The highest BCUT2D eigenvalue weighted by atomic mass is 35.5. The molecule has 26 heavy (non-hydrogen) atoms. The van der Waals surface area contributed by atoms with Crippen LogP contribution in [0.25, 0.3) is 10.9 Å². The molecule has 0 saturated heterocycles.